The van der Waals surface area contributed by atoms with Gasteiger partial charge in [0.25, 0.3) is 11.8 Å². The second kappa shape index (κ2) is 9.52. The first-order chi connectivity index (χ1) is 14.4. The molecule has 0 N–H and O–H groups in total. The van der Waals surface area contributed by atoms with Crippen molar-refractivity contribution >= 4 is 17.8 Å². The number of pyridine rings is 1. The summed E-state index contributed by atoms with van der Waals surface area (Å²) in [5, 5.41) is 0. The van der Waals surface area contributed by atoms with Gasteiger partial charge in [-0.15, -0.1) is 0 Å². The maximum Gasteiger partial charge on any atom is 0.339 e. The van der Waals surface area contributed by atoms with Gasteiger partial charge in [-0.3, -0.25) is 9.59 Å². The van der Waals surface area contributed by atoms with Crippen molar-refractivity contribution in [2.24, 2.45) is 0 Å². The van der Waals surface area contributed by atoms with Gasteiger partial charge in [-0.05, 0) is 50.1 Å². The summed E-state index contributed by atoms with van der Waals surface area (Å²) in [5.74, 6) is -0.661. The number of esters is 1. The van der Waals surface area contributed by atoms with Gasteiger partial charge < -0.3 is 14.5 Å². The summed E-state index contributed by atoms with van der Waals surface area (Å²) in [6.07, 6.45) is 0.934. The summed E-state index contributed by atoms with van der Waals surface area (Å²) in [7, 11) is 0. The van der Waals surface area contributed by atoms with Crippen molar-refractivity contribution in [3.05, 3.63) is 64.5 Å². The van der Waals surface area contributed by atoms with Gasteiger partial charge in [0.15, 0.2) is 0 Å². The molecule has 0 saturated carbocycles. The molecule has 0 spiro atoms. The molecule has 7 nitrogen and oxygen atoms in total. The monoisotopic (exact) mass is 409 g/mol. The molecule has 1 fully saturated rings. The van der Waals surface area contributed by atoms with Crippen LogP contribution in [0.3, 0.4) is 0 Å². The molecule has 30 heavy (non-hydrogen) atoms. The summed E-state index contributed by atoms with van der Waals surface area (Å²) < 4.78 is 5.00. The number of aryl methyl sites for hydroxylation is 2. The zero-order chi connectivity index (χ0) is 21.7. The molecule has 7 heteroatoms. The predicted octanol–water partition coefficient (Wildman–Crippen LogP) is 2.73. The van der Waals surface area contributed by atoms with Crippen molar-refractivity contribution in [1.82, 2.24) is 14.8 Å². The lowest BCUT2D eigenvalue weighted by Gasteiger charge is -2.34. The van der Waals surface area contributed by atoms with Gasteiger partial charge >= 0.3 is 5.97 Å². The number of ether oxygens (including phenoxy) is 1. The van der Waals surface area contributed by atoms with E-state index in [0.717, 1.165) is 6.42 Å². The van der Waals surface area contributed by atoms with E-state index in [1.165, 1.54) is 5.56 Å². The van der Waals surface area contributed by atoms with Crippen molar-refractivity contribution in [3.63, 3.8) is 0 Å². The van der Waals surface area contributed by atoms with E-state index in [1.807, 2.05) is 24.3 Å². The van der Waals surface area contributed by atoms with Gasteiger partial charge in [-0.1, -0.05) is 19.1 Å². The normalized spacial score (nSPS) is 13.8. The maximum atomic E-state index is 12.8. The quantitative estimate of drug-likeness (QED) is 0.710. The van der Waals surface area contributed by atoms with Crippen LogP contribution in [0.2, 0.25) is 0 Å². The highest BCUT2D eigenvalue weighted by molar-refractivity contribution is 5.96. The number of rotatable bonds is 5. The summed E-state index contributed by atoms with van der Waals surface area (Å²) in [4.78, 5) is 45.2. The Kier molecular flexibility index (Phi) is 6.82. The Morgan fingerprint density at radius 1 is 0.900 bits per heavy atom. The largest absolute Gasteiger partial charge is 0.462 e. The fraction of sp³-hybridized carbons (Fsp3) is 0.391. The number of carbonyl (C=O) groups is 3. The van der Waals surface area contributed by atoms with Crippen molar-refractivity contribution in [3.8, 4) is 0 Å². The molecule has 0 unspecified atom stereocenters. The van der Waals surface area contributed by atoms with E-state index in [0.29, 0.717) is 43.0 Å². The Balaban J connectivity index is 1.61. The van der Waals surface area contributed by atoms with Crippen LogP contribution in [0.1, 0.15) is 56.3 Å². The minimum atomic E-state index is -0.444. The molecule has 0 bridgehead atoms. The van der Waals surface area contributed by atoms with Crippen LogP contribution in [-0.4, -0.2) is 65.4 Å². The number of piperazine rings is 1. The van der Waals surface area contributed by atoms with E-state index >= 15 is 0 Å². The standard InChI is InChI=1S/C23H27N3O4/c1-4-17-6-8-18(9-7-17)21(27)25-12-14-26(15-13-25)22(28)20-11-10-19(16(3)24-20)23(29)30-5-2/h6-11H,4-5,12-15H2,1-3H3. The number of aromatic nitrogens is 1. The second-order valence-corrected chi connectivity index (χ2v) is 7.18. The minimum absolute atomic E-state index is 0.0162. The molecule has 1 aliphatic heterocycles. The predicted molar refractivity (Wildman–Crippen MR) is 113 cm³/mol. The molecule has 0 aliphatic carbocycles. The summed E-state index contributed by atoms with van der Waals surface area (Å²) in [6, 6.07) is 10.8. The SMILES string of the molecule is CCOC(=O)c1ccc(C(=O)N2CCN(C(=O)c3ccc(CC)cc3)CC2)nc1C. The van der Waals surface area contributed by atoms with Crippen LogP contribution >= 0.6 is 0 Å². The number of hydrogen-bond donors (Lipinski definition) is 0. The van der Waals surface area contributed by atoms with Gasteiger partial charge in [0.2, 0.25) is 0 Å². The molecular weight excluding hydrogens is 382 g/mol. The third-order valence-corrected chi connectivity index (χ3v) is 5.26. The minimum Gasteiger partial charge on any atom is -0.462 e. The van der Waals surface area contributed by atoms with Crippen molar-refractivity contribution in [2.75, 3.05) is 32.8 Å². The van der Waals surface area contributed by atoms with Gasteiger partial charge in [0.1, 0.15) is 5.69 Å². The number of carbonyl (C=O) groups excluding carboxylic acids is 3. The molecule has 158 valence electrons. The van der Waals surface area contributed by atoms with E-state index in [9.17, 15) is 14.4 Å². The summed E-state index contributed by atoms with van der Waals surface area (Å²) >= 11 is 0. The highest BCUT2D eigenvalue weighted by Gasteiger charge is 2.26. The number of hydrogen-bond acceptors (Lipinski definition) is 5. The molecule has 2 amide bonds. The molecule has 1 aromatic carbocycles. The first-order valence-electron chi connectivity index (χ1n) is 10.3. The van der Waals surface area contributed by atoms with Crippen LogP contribution in [-0.2, 0) is 11.2 Å². The van der Waals surface area contributed by atoms with E-state index in [-0.39, 0.29) is 24.1 Å². The lowest BCUT2D eigenvalue weighted by molar-refractivity contribution is 0.0521. The molecule has 0 atom stereocenters. The Hall–Kier alpha value is -3.22. The lowest BCUT2D eigenvalue weighted by Crippen LogP contribution is -2.50. The highest BCUT2D eigenvalue weighted by atomic mass is 16.5. The Bertz CT molecular complexity index is 932. The molecule has 3 rings (SSSR count). The summed E-state index contributed by atoms with van der Waals surface area (Å²) in [6.45, 7) is 7.61. The van der Waals surface area contributed by atoms with Gasteiger partial charge in [-0.2, -0.15) is 0 Å². The maximum absolute atomic E-state index is 12.8. The molecular formula is C23H27N3O4. The first kappa shape index (κ1) is 21.5. The number of benzene rings is 1. The van der Waals surface area contributed by atoms with Crippen LogP contribution in [0.4, 0.5) is 0 Å². The molecule has 2 heterocycles. The number of nitrogens with zero attached hydrogens (tertiary/aromatic N) is 3. The van der Waals surface area contributed by atoms with Crippen LogP contribution < -0.4 is 0 Å². The van der Waals surface area contributed by atoms with Crippen molar-refractivity contribution in [2.45, 2.75) is 27.2 Å². The van der Waals surface area contributed by atoms with Crippen LogP contribution in [0.25, 0.3) is 0 Å². The zero-order valence-corrected chi connectivity index (χ0v) is 17.7. The molecule has 1 saturated heterocycles. The van der Waals surface area contributed by atoms with Gasteiger partial charge in [0.05, 0.1) is 17.9 Å². The molecule has 1 aromatic heterocycles. The molecule has 1 aliphatic rings. The van der Waals surface area contributed by atoms with Gasteiger partial charge in [0, 0.05) is 31.7 Å². The topological polar surface area (TPSA) is 79.8 Å². The second-order valence-electron chi connectivity index (χ2n) is 7.18. The third-order valence-electron chi connectivity index (χ3n) is 5.26. The highest BCUT2D eigenvalue weighted by Crippen LogP contribution is 2.14. The average molecular weight is 409 g/mol. The van der Waals surface area contributed by atoms with E-state index in [4.69, 9.17) is 4.74 Å². The summed E-state index contributed by atoms with van der Waals surface area (Å²) in [5.41, 5.74) is 2.97. The fourth-order valence-electron chi connectivity index (χ4n) is 3.44. The van der Waals surface area contributed by atoms with E-state index in [2.05, 4.69) is 11.9 Å². The van der Waals surface area contributed by atoms with Crippen molar-refractivity contribution in [1.29, 1.82) is 0 Å². The zero-order valence-electron chi connectivity index (χ0n) is 17.7. The molecule has 2 aromatic rings. The fourth-order valence-corrected chi connectivity index (χ4v) is 3.44. The van der Waals surface area contributed by atoms with Crippen molar-refractivity contribution < 1.29 is 19.1 Å². The lowest BCUT2D eigenvalue weighted by atomic mass is 10.1. The van der Waals surface area contributed by atoms with E-state index < -0.39 is 5.97 Å². The average Bonchev–Trinajstić information content (AvgIpc) is 2.78. The Morgan fingerprint density at radius 2 is 1.50 bits per heavy atom. The van der Waals surface area contributed by atoms with E-state index in [1.54, 1.807) is 35.8 Å². The molecule has 0 radical (unpaired) electrons. The van der Waals surface area contributed by atoms with Gasteiger partial charge in [-0.25, -0.2) is 9.78 Å². The Morgan fingerprint density at radius 3 is 2.03 bits per heavy atom. The van der Waals surface area contributed by atoms with Crippen LogP contribution in [0.15, 0.2) is 36.4 Å². The van der Waals surface area contributed by atoms with Crippen LogP contribution in [0, 0.1) is 6.92 Å². The van der Waals surface area contributed by atoms with Crippen LogP contribution in [0.5, 0.6) is 0 Å². The number of amides is 2. The first-order valence-corrected chi connectivity index (χ1v) is 10.3. The smallest absolute Gasteiger partial charge is 0.339 e. The Labute approximate surface area is 176 Å². The third kappa shape index (κ3) is 4.67.